The Kier molecular flexibility index (Phi) is 13.9. The first-order valence-corrected chi connectivity index (χ1v) is 10.0. The van der Waals surface area contributed by atoms with Crippen molar-refractivity contribution in [2.75, 3.05) is 13.1 Å². The van der Waals surface area contributed by atoms with Crippen molar-refractivity contribution in [1.29, 1.82) is 0 Å². The summed E-state index contributed by atoms with van der Waals surface area (Å²) < 4.78 is 0. The molecule has 0 aromatic rings. The maximum absolute atomic E-state index is 12.7. The second-order valence-electron chi connectivity index (χ2n) is 7.01. The molecule has 182 valence electrons. The third-order valence-corrected chi connectivity index (χ3v) is 4.36. The molecule has 0 aromatic carbocycles. The Bertz CT molecular complexity index is 686. The highest BCUT2D eigenvalue weighted by Gasteiger charge is 2.29. The highest BCUT2D eigenvalue weighted by Crippen LogP contribution is 2.06. The van der Waals surface area contributed by atoms with Crippen molar-refractivity contribution in [3.05, 3.63) is 0 Å². The van der Waals surface area contributed by atoms with Crippen molar-refractivity contribution in [2.24, 2.45) is 17.2 Å². The molecule has 4 amide bonds. The lowest BCUT2D eigenvalue weighted by Crippen LogP contribution is -2.56. The molecule has 3 atom stereocenters. The normalized spacial score (nSPS) is 13.3. The Morgan fingerprint density at radius 1 is 0.719 bits per heavy atom. The average molecular weight is 460 g/mol. The van der Waals surface area contributed by atoms with Crippen molar-refractivity contribution < 1.29 is 39.0 Å². The molecule has 32 heavy (non-hydrogen) atoms. The van der Waals surface area contributed by atoms with Crippen LogP contribution in [0.15, 0.2) is 0 Å². The van der Waals surface area contributed by atoms with Gasteiger partial charge >= 0.3 is 11.9 Å². The molecule has 0 aliphatic carbocycles. The summed E-state index contributed by atoms with van der Waals surface area (Å²) in [7, 11) is 0. The van der Waals surface area contributed by atoms with E-state index in [1.807, 2.05) is 0 Å². The fourth-order valence-corrected chi connectivity index (χ4v) is 2.64. The summed E-state index contributed by atoms with van der Waals surface area (Å²) in [5, 5.41) is 25.1. The number of carboxylic acids is 2. The van der Waals surface area contributed by atoms with E-state index < -0.39 is 66.7 Å². The zero-order valence-corrected chi connectivity index (χ0v) is 17.7. The number of unbranched alkanes of at least 4 members (excludes halogenated alkanes) is 1. The number of carboxylic acid groups (broad SMARTS) is 2. The highest BCUT2D eigenvalue weighted by molar-refractivity contribution is 5.93. The van der Waals surface area contributed by atoms with Gasteiger partial charge in [0.2, 0.25) is 23.6 Å². The van der Waals surface area contributed by atoms with Crippen LogP contribution in [0.1, 0.15) is 44.9 Å². The molecule has 0 aliphatic rings. The number of hydrogen-bond donors (Lipinski definition) is 8. The van der Waals surface area contributed by atoms with Crippen LogP contribution < -0.4 is 33.2 Å². The molecule has 14 nitrogen and oxygen atoms in total. The molecule has 0 aliphatic heterocycles. The zero-order valence-electron chi connectivity index (χ0n) is 17.7. The smallest absolute Gasteiger partial charge is 0.326 e. The summed E-state index contributed by atoms with van der Waals surface area (Å²) in [5.41, 5.74) is 15.7. The predicted octanol–water partition coefficient (Wildman–Crippen LogP) is -3.26. The number of amides is 4. The van der Waals surface area contributed by atoms with Crippen molar-refractivity contribution in [3.63, 3.8) is 0 Å². The number of primary amides is 1. The number of nitrogens with one attached hydrogen (secondary N) is 3. The number of carbonyl (C=O) groups is 6. The lowest BCUT2D eigenvalue weighted by atomic mass is 10.0. The van der Waals surface area contributed by atoms with Crippen molar-refractivity contribution >= 4 is 35.6 Å². The molecule has 0 saturated carbocycles. The minimum atomic E-state index is -1.41. The molecular formula is C18H32N6O8. The Morgan fingerprint density at radius 3 is 1.72 bits per heavy atom. The van der Waals surface area contributed by atoms with Gasteiger partial charge in [0.15, 0.2) is 0 Å². The van der Waals surface area contributed by atoms with Gasteiger partial charge in [0, 0.05) is 12.8 Å². The third-order valence-electron chi connectivity index (χ3n) is 4.36. The first-order valence-electron chi connectivity index (χ1n) is 10.0. The number of nitrogens with two attached hydrogens (primary N) is 3. The van der Waals surface area contributed by atoms with E-state index in [0.717, 1.165) is 0 Å². The van der Waals surface area contributed by atoms with Gasteiger partial charge in [-0.3, -0.25) is 24.0 Å². The topological polar surface area (TPSA) is 257 Å². The quantitative estimate of drug-likeness (QED) is 0.100. The summed E-state index contributed by atoms with van der Waals surface area (Å²) in [5.74, 6) is -5.67. The Morgan fingerprint density at radius 2 is 1.25 bits per heavy atom. The van der Waals surface area contributed by atoms with Crippen LogP contribution in [0.4, 0.5) is 0 Å². The first kappa shape index (κ1) is 28.7. The maximum atomic E-state index is 12.7. The Labute approximate surface area is 184 Å². The molecule has 3 unspecified atom stereocenters. The molecule has 0 saturated heterocycles. The average Bonchev–Trinajstić information content (AvgIpc) is 2.72. The van der Waals surface area contributed by atoms with Crippen LogP contribution in [0, 0.1) is 0 Å². The number of carbonyl (C=O) groups excluding carboxylic acids is 4. The SMILES string of the molecule is NCCCCC(NC(=O)C(CCC(=O)O)NC(=O)CN)C(=O)NC(CCC(N)=O)C(=O)O. The molecule has 0 bridgehead atoms. The Balaban J connectivity index is 5.40. The van der Waals surface area contributed by atoms with E-state index >= 15 is 0 Å². The molecule has 0 spiro atoms. The molecule has 0 heterocycles. The number of hydrogen-bond acceptors (Lipinski definition) is 8. The van der Waals surface area contributed by atoms with Gasteiger partial charge in [-0.2, -0.15) is 0 Å². The third kappa shape index (κ3) is 12.4. The van der Waals surface area contributed by atoms with E-state index in [9.17, 15) is 33.9 Å². The summed E-state index contributed by atoms with van der Waals surface area (Å²) in [6, 6.07) is -3.87. The molecule has 0 fully saturated rings. The molecular weight excluding hydrogens is 428 g/mol. The fourth-order valence-electron chi connectivity index (χ4n) is 2.64. The molecule has 11 N–H and O–H groups in total. The second-order valence-corrected chi connectivity index (χ2v) is 7.01. The fraction of sp³-hybridized carbons (Fsp3) is 0.667. The predicted molar refractivity (Wildman–Crippen MR) is 111 cm³/mol. The van der Waals surface area contributed by atoms with E-state index in [0.29, 0.717) is 19.4 Å². The lowest BCUT2D eigenvalue weighted by molar-refractivity contribution is -0.142. The van der Waals surface area contributed by atoms with Gasteiger partial charge in [0.25, 0.3) is 0 Å². The summed E-state index contributed by atoms with van der Waals surface area (Å²) in [4.78, 5) is 70.1. The van der Waals surface area contributed by atoms with Gasteiger partial charge in [-0.1, -0.05) is 0 Å². The molecule has 14 heteroatoms. The van der Waals surface area contributed by atoms with Crippen LogP contribution >= 0.6 is 0 Å². The molecule has 0 radical (unpaired) electrons. The van der Waals surface area contributed by atoms with Crippen molar-refractivity contribution in [3.8, 4) is 0 Å². The van der Waals surface area contributed by atoms with Gasteiger partial charge in [-0.05, 0) is 38.6 Å². The number of rotatable bonds is 17. The zero-order chi connectivity index (χ0) is 24.7. The largest absolute Gasteiger partial charge is 0.481 e. The summed E-state index contributed by atoms with van der Waals surface area (Å²) in [6.07, 6.45) is -0.147. The summed E-state index contributed by atoms with van der Waals surface area (Å²) >= 11 is 0. The van der Waals surface area contributed by atoms with Gasteiger partial charge in [0.05, 0.1) is 6.54 Å². The van der Waals surface area contributed by atoms with Crippen LogP contribution in [0.25, 0.3) is 0 Å². The standard InChI is InChI=1S/C18H32N6O8/c19-8-2-1-3-10(16(29)24-12(18(31)32)4-6-13(21)25)23-17(30)11(5-7-15(27)28)22-14(26)9-20/h10-12H,1-9,19-20H2,(H2,21,25)(H,22,26)(H,23,30)(H,24,29)(H,27,28)(H,31,32). The molecule has 0 rings (SSSR count). The van der Waals surface area contributed by atoms with Crippen LogP contribution in [0.2, 0.25) is 0 Å². The molecule has 0 aromatic heterocycles. The van der Waals surface area contributed by atoms with E-state index in [-0.39, 0.29) is 25.7 Å². The van der Waals surface area contributed by atoms with E-state index in [4.69, 9.17) is 22.3 Å². The van der Waals surface area contributed by atoms with Gasteiger partial charge < -0.3 is 43.4 Å². The monoisotopic (exact) mass is 460 g/mol. The Hall–Kier alpha value is -3.26. The van der Waals surface area contributed by atoms with E-state index in [2.05, 4.69) is 16.0 Å². The summed E-state index contributed by atoms with van der Waals surface area (Å²) in [6.45, 7) is -0.107. The van der Waals surface area contributed by atoms with Crippen molar-refractivity contribution in [1.82, 2.24) is 16.0 Å². The van der Waals surface area contributed by atoms with Crippen LogP contribution in [-0.4, -0.2) is 77.0 Å². The number of aliphatic carboxylic acids is 2. The van der Waals surface area contributed by atoms with Crippen molar-refractivity contribution in [2.45, 2.75) is 63.1 Å². The lowest BCUT2D eigenvalue weighted by Gasteiger charge is -2.24. The van der Waals surface area contributed by atoms with Gasteiger partial charge in [-0.15, -0.1) is 0 Å². The van der Waals surface area contributed by atoms with Crippen LogP contribution in [-0.2, 0) is 28.8 Å². The first-order chi connectivity index (χ1) is 15.0. The minimum absolute atomic E-state index is 0.105. The van der Waals surface area contributed by atoms with Gasteiger partial charge in [-0.25, -0.2) is 4.79 Å². The maximum Gasteiger partial charge on any atom is 0.326 e. The minimum Gasteiger partial charge on any atom is -0.481 e. The van der Waals surface area contributed by atoms with E-state index in [1.165, 1.54) is 0 Å². The van der Waals surface area contributed by atoms with Crippen LogP contribution in [0.3, 0.4) is 0 Å². The van der Waals surface area contributed by atoms with E-state index in [1.54, 1.807) is 0 Å². The highest BCUT2D eigenvalue weighted by atomic mass is 16.4. The van der Waals surface area contributed by atoms with Gasteiger partial charge in [0.1, 0.15) is 18.1 Å². The second kappa shape index (κ2) is 15.5. The van der Waals surface area contributed by atoms with Crippen LogP contribution in [0.5, 0.6) is 0 Å².